The fraction of sp³-hybridized carbons (Fsp3) is 0.300. The van der Waals surface area contributed by atoms with Crippen LogP contribution in [-0.4, -0.2) is 41.0 Å². The van der Waals surface area contributed by atoms with Gasteiger partial charge in [0.05, 0.1) is 27.7 Å². The van der Waals surface area contributed by atoms with E-state index in [4.69, 9.17) is 11.6 Å². The number of halogens is 1. The molecule has 0 spiro atoms. The number of benzene rings is 2. The lowest BCUT2D eigenvalue weighted by atomic mass is 10.2. The molecular weight excluding hydrogens is 348 g/mol. The molecule has 5 nitrogen and oxygen atoms in total. The smallest absolute Gasteiger partial charge is 0.258 e. The van der Waals surface area contributed by atoms with Crippen molar-refractivity contribution in [1.82, 2.24) is 14.9 Å². The molecule has 1 aliphatic heterocycles. The van der Waals surface area contributed by atoms with E-state index in [9.17, 15) is 4.79 Å². The lowest BCUT2D eigenvalue weighted by molar-refractivity contribution is 0.192. The van der Waals surface area contributed by atoms with Crippen molar-refractivity contribution in [2.75, 3.05) is 31.1 Å². The van der Waals surface area contributed by atoms with Gasteiger partial charge in [-0.2, -0.15) is 0 Å². The Balaban J connectivity index is 1.51. The number of piperazine rings is 1. The minimum Gasteiger partial charge on any atom is -0.368 e. The van der Waals surface area contributed by atoms with Gasteiger partial charge in [-0.3, -0.25) is 9.69 Å². The zero-order chi connectivity index (χ0) is 18.1. The molecule has 134 valence electrons. The Bertz CT molecular complexity index is 979. The summed E-state index contributed by atoms with van der Waals surface area (Å²) in [6, 6.07) is 15.5. The van der Waals surface area contributed by atoms with Gasteiger partial charge in [-0.05, 0) is 31.2 Å². The first-order valence-electron chi connectivity index (χ1n) is 8.86. The Hall–Kier alpha value is -2.37. The molecule has 3 aromatic rings. The molecule has 1 aliphatic rings. The van der Waals surface area contributed by atoms with Crippen LogP contribution in [0.1, 0.15) is 18.8 Å². The molecule has 0 aliphatic carbocycles. The number of aromatic nitrogens is 2. The van der Waals surface area contributed by atoms with E-state index in [0.717, 1.165) is 48.2 Å². The van der Waals surface area contributed by atoms with Crippen LogP contribution in [0.25, 0.3) is 10.9 Å². The summed E-state index contributed by atoms with van der Waals surface area (Å²) in [7, 11) is 0. The first kappa shape index (κ1) is 17.1. The van der Waals surface area contributed by atoms with Crippen LogP contribution in [0.2, 0.25) is 5.02 Å². The average molecular weight is 369 g/mol. The first-order valence-corrected chi connectivity index (χ1v) is 9.24. The Morgan fingerprint density at radius 1 is 1.04 bits per heavy atom. The van der Waals surface area contributed by atoms with Crippen molar-refractivity contribution < 1.29 is 0 Å². The van der Waals surface area contributed by atoms with Crippen molar-refractivity contribution in [2.24, 2.45) is 0 Å². The van der Waals surface area contributed by atoms with E-state index >= 15 is 0 Å². The molecule has 0 unspecified atom stereocenters. The predicted molar refractivity (Wildman–Crippen MR) is 106 cm³/mol. The van der Waals surface area contributed by atoms with Gasteiger partial charge in [-0.15, -0.1) is 0 Å². The molecule has 6 heteroatoms. The second-order valence-electron chi connectivity index (χ2n) is 6.62. The Kier molecular flexibility index (Phi) is 4.66. The quantitative estimate of drug-likeness (QED) is 0.769. The summed E-state index contributed by atoms with van der Waals surface area (Å²) >= 11 is 6.32. The van der Waals surface area contributed by atoms with E-state index in [2.05, 4.69) is 32.8 Å². The van der Waals surface area contributed by atoms with E-state index in [1.54, 1.807) is 6.07 Å². The highest BCUT2D eigenvalue weighted by molar-refractivity contribution is 6.33. The number of anilines is 1. The summed E-state index contributed by atoms with van der Waals surface area (Å²) in [5.74, 6) is 0.722. The molecule has 1 N–H and O–H groups in total. The Morgan fingerprint density at radius 3 is 2.50 bits per heavy atom. The van der Waals surface area contributed by atoms with E-state index in [-0.39, 0.29) is 11.6 Å². The predicted octanol–water partition coefficient (Wildman–Crippen LogP) is 3.46. The molecule has 2 aromatic carbocycles. The third kappa shape index (κ3) is 3.20. The third-order valence-electron chi connectivity index (χ3n) is 5.08. The summed E-state index contributed by atoms with van der Waals surface area (Å²) in [5.41, 5.74) is 1.75. The van der Waals surface area contributed by atoms with Crippen LogP contribution in [-0.2, 0) is 0 Å². The van der Waals surface area contributed by atoms with Crippen LogP contribution in [0.15, 0.2) is 53.3 Å². The van der Waals surface area contributed by atoms with Crippen LogP contribution in [0, 0.1) is 0 Å². The highest BCUT2D eigenvalue weighted by Crippen LogP contribution is 2.27. The van der Waals surface area contributed by atoms with Crippen molar-refractivity contribution in [1.29, 1.82) is 0 Å². The van der Waals surface area contributed by atoms with Gasteiger partial charge < -0.3 is 9.88 Å². The van der Waals surface area contributed by atoms with Crippen molar-refractivity contribution >= 4 is 28.2 Å². The maximum atomic E-state index is 12.3. The lowest BCUT2D eigenvalue weighted by Crippen LogP contribution is -2.47. The van der Waals surface area contributed by atoms with E-state index in [0.29, 0.717) is 5.39 Å². The molecule has 0 radical (unpaired) electrons. The fourth-order valence-electron chi connectivity index (χ4n) is 3.53. The standard InChI is InChI=1S/C20H21ClN4O/c1-14(19-22-17-8-4-2-6-15(17)20(26)23-19)24-10-12-25(13-11-24)18-9-5-3-7-16(18)21/h2-9,14H,10-13H2,1H3,(H,22,23,26)/t14-/m1/s1. The lowest BCUT2D eigenvalue weighted by Gasteiger charge is -2.39. The topological polar surface area (TPSA) is 52.2 Å². The van der Waals surface area contributed by atoms with Crippen LogP contribution in [0.5, 0.6) is 0 Å². The molecule has 0 amide bonds. The average Bonchev–Trinajstić information content (AvgIpc) is 2.68. The van der Waals surface area contributed by atoms with Crippen LogP contribution in [0.4, 0.5) is 5.69 Å². The largest absolute Gasteiger partial charge is 0.368 e. The van der Waals surface area contributed by atoms with Gasteiger partial charge >= 0.3 is 0 Å². The summed E-state index contributed by atoms with van der Waals surface area (Å²) in [4.78, 5) is 24.6. The van der Waals surface area contributed by atoms with Gasteiger partial charge in [-0.25, -0.2) is 4.98 Å². The zero-order valence-corrected chi connectivity index (χ0v) is 15.4. The van der Waals surface area contributed by atoms with Gasteiger partial charge in [-0.1, -0.05) is 35.9 Å². The number of fused-ring (bicyclic) bond motifs is 1. The van der Waals surface area contributed by atoms with Crippen molar-refractivity contribution in [3.05, 3.63) is 69.7 Å². The number of hydrogen-bond acceptors (Lipinski definition) is 4. The number of rotatable bonds is 3. The molecule has 1 aromatic heterocycles. The summed E-state index contributed by atoms with van der Waals surface area (Å²) < 4.78 is 0. The molecule has 1 saturated heterocycles. The summed E-state index contributed by atoms with van der Waals surface area (Å²) in [6.45, 7) is 5.67. The van der Waals surface area contributed by atoms with Gasteiger partial charge in [0.25, 0.3) is 5.56 Å². The van der Waals surface area contributed by atoms with Gasteiger partial charge in [0, 0.05) is 26.2 Å². The van der Waals surface area contributed by atoms with E-state index in [1.165, 1.54) is 0 Å². The highest BCUT2D eigenvalue weighted by Gasteiger charge is 2.24. The second kappa shape index (κ2) is 7.09. The zero-order valence-electron chi connectivity index (χ0n) is 14.7. The van der Waals surface area contributed by atoms with Crippen molar-refractivity contribution in [3.8, 4) is 0 Å². The van der Waals surface area contributed by atoms with Crippen molar-refractivity contribution in [3.63, 3.8) is 0 Å². The SMILES string of the molecule is C[C@H](c1nc2ccccc2c(=O)[nH]1)N1CCN(c2ccccc2Cl)CC1. The third-order valence-corrected chi connectivity index (χ3v) is 5.40. The number of aromatic amines is 1. The highest BCUT2D eigenvalue weighted by atomic mass is 35.5. The molecule has 26 heavy (non-hydrogen) atoms. The summed E-state index contributed by atoms with van der Waals surface area (Å²) in [6.07, 6.45) is 0. The van der Waals surface area contributed by atoms with Gasteiger partial charge in [0.2, 0.25) is 0 Å². The maximum absolute atomic E-state index is 12.3. The maximum Gasteiger partial charge on any atom is 0.258 e. The van der Waals surface area contributed by atoms with Gasteiger partial charge in [0.15, 0.2) is 0 Å². The monoisotopic (exact) mass is 368 g/mol. The molecule has 4 rings (SSSR count). The number of nitrogens with one attached hydrogen (secondary N) is 1. The van der Waals surface area contributed by atoms with Crippen LogP contribution >= 0.6 is 11.6 Å². The number of nitrogens with zero attached hydrogens (tertiary/aromatic N) is 3. The van der Waals surface area contributed by atoms with Crippen LogP contribution < -0.4 is 10.5 Å². The minimum atomic E-state index is -0.0767. The normalized spacial score (nSPS) is 16.8. The molecule has 1 atom stereocenters. The minimum absolute atomic E-state index is 0.0562. The number of hydrogen-bond donors (Lipinski definition) is 1. The summed E-state index contributed by atoms with van der Waals surface area (Å²) in [5, 5.41) is 1.42. The molecule has 1 fully saturated rings. The molecular formula is C20H21ClN4O. The number of para-hydroxylation sites is 2. The van der Waals surface area contributed by atoms with Gasteiger partial charge in [0.1, 0.15) is 5.82 Å². The number of H-pyrrole nitrogens is 1. The Labute approximate surface area is 157 Å². The first-order chi connectivity index (χ1) is 12.6. The van der Waals surface area contributed by atoms with Crippen LogP contribution in [0.3, 0.4) is 0 Å². The van der Waals surface area contributed by atoms with E-state index in [1.807, 2.05) is 36.4 Å². The van der Waals surface area contributed by atoms with E-state index < -0.39 is 0 Å². The molecule has 2 heterocycles. The second-order valence-corrected chi connectivity index (χ2v) is 7.03. The fourth-order valence-corrected chi connectivity index (χ4v) is 3.79. The molecule has 0 bridgehead atoms. The van der Waals surface area contributed by atoms with Crippen molar-refractivity contribution in [2.45, 2.75) is 13.0 Å². The Morgan fingerprint density at radius 2 is 1.73 bits per heavy atom. The molecule has 0 saturated carbocycles.